The van der Waals surface area contributed by atoms with Crippen LogP contribution in [0.2, 0.25) is 0 Å². The van der Waals surface area contributed by atoms with Gasteiger partial charge in [-0.3, -0.25) is 4.57 Å². The molecule has 2 heterocycles. The Morgan fingerprint density at radius 1 is 1.11 bits per heavy atom. The molecule has 0 spiro atoms. The van der Waals surface area contributed by atoms with Gasteiger partial charge in [0.2, 0.25) is 11.8 Å². The van der Waals surface area contributed by atoms with Crippen LogP contribution < -0.4 is 21.4 Å². The molecule has 0 saturated heterocycles. The number of hydrogen-bond donors (Lipinski definition) is 2. The fraction of sp³-hybridized carbons (Fsp3) is 0.458. The van der Waals surface area contributed by atoms with Gasteiger partial charge in [-0.15, -0.1) is 0 Å². The highest BCUT2D eigenvalue weighted by Gasteiger charge is 2.23. The van der Waals surface area contributed by atoms with E-state index in [1.807, 2.05) is 0 Å². The van der Waals surface area contributed by atoms with E-state index in [1.54, 1.807) is 35.8 Å². The zero-order chi connectivity index (χ0) is 24.9. The molecule has 3 aromatic rings. The van der Waals surface area contributed by atoms with Crippen LogP contribution in [0.4, 0.5) is 11.6 Å². The summed E-state index contributed by atoms with van der Waals surface area (Å²) in [4.78, 5) is 40.8. The molecule has 1 aliphatic carbocycles. The number of carbonyl (C=O) groups is 1. The molecule has 2 N–H and O–H groups in total. The van der Waals surface area contributed by atoms with Crippen molar-refractivity contribution >= 4 is 29.1 Å². The van der Waals surface area contributed by atoms with E-state index in [0.717, 1.165) is 47.7 Å². The number of carboxylic acid groups (broad SMARTS) is 1. The van der Waals surface area contributed by atoms with Crippen LogP contribution in [0.15, 0.2) is 39.9 Å². The fourth-order valence-corrected chi connectivity index (χ4v) is 4.91. The minimum atomic E-state index is -1.06. The van der Waals surface area contributed by atoms with Crippen LogP contribution >= 0.6 is 11.5 Å². The lowest BCUT2D eigenvalue weighted by molar-refractivity contribution is 0.0702. The summed E-state index contributed by atoms with van der Waals surface area (Å²) >= 11 is 0.845. The molecule has 0 bridgehead atoms. The van der Waals surface area contributed by atoms with E-state index < -0.39 is 11.7 Å². The Morgan fingerprint density at radius 3 is 2.40 bits per heavy atom. The molecule has 35 heavy (non-hydrogen) atoms. The van der Waals surface area contributed by atoms with E-state index in [-0.39, 0.29) is 28.9 Å². The Morgan fingerprint density at radius 2 is 1.80 bits per heavy atom. The Kier molecular flexibility index (Phi) is 7.64. The molecular weight excluding hydrogens is 470 g/mol. The lowest BCUT2D eigenvalue weighted by atomic mass is 9.81. The van der Waals surface area contributed by atoms with Crippen molar-refractivity contribution in [3.05, 3.63) is 56.2 Å². The van der Waals surface area contributed by atoms with Crippen molar-refractivity contribution in [2.75, 3.05) is 5.32 Å². The maximum absolute atomic E-state index is 13.1. The zero-order valence-corrected chi connectivity index (χ0v) is 20.6. The predicted octanol–water partition coefficient (Wildman–Crippen LogP) is 4.33. The normalized spacial score (nSPS) is 17.8. The lowest BCUT2D eigenvalue weighted by Crippen LogP contribution is -2.43. The SMILES string of the molecule is CCC1CCC(Cn2c(Nc3ccc(Oc4cc(C(=O)O)sn4)cc3)nc(=O)n(CC)c2=O)CC1. The van der Waals surface area contributed by atoms with Crippen molar-refractivity contribution in [3.8, 4) is 11.6 Å². The van der Waals surface area contributed by atoms with E-state index >= 15 is 0 Å². The summed E-state index contributed by atoms with van der Waals surface area (Å²) in [6, 6.07) is 8.19. The van der Waals surface area contributed by atoms with Gasteiger partial charge >= 0.3 is 17.3 Å². The van der Waals surface area contributed by atoms with Crippen LogP contribution in [0, 0.1) is 11.8 Å². The van der Waals surface area contributed by atoms with Crippen LogP contribution in [0.3, 0.4) is 0 Å². The number of anilines is 2. The van der Waals surface area contributed by atoms with Gasteiger partial charge in [-0.25, -0.2) is 19.0 Å². The van der Waals surface area contributed by atoms with E-state index in [9.17, 15) is 14.4 Å². The summed E-state index contributed by atoms with van der Waals surface area (Å²) in [5, 5.41) is 12.1. The summed E-state index contributed by atoms with van der Waals surface area (Å²) in [5.41, 5.74) is -0.306. The Labute approximate surface area is 206 Å². The van der Waals surface area contributed by atoms with Crippen molar-refractivity contribution in [1.29, 1.82) is 0 Å². The number of nitrogens with zero attached hydrogens (tertiary/aromatic N) is 4. The molecule has 1 aromatic carbocycles. The van der Waals surface area contributed by atoms with Crippen molar-refractivity contribution < 1.29 is 14.6 Å². The average molecular weight is 500 g/mol. The van der Waals surface area contributed by atoms with Gasteiger partial charge in [-0.1, -0.05) is 26.2 Å². The number of aromatic nitrogens is 4. The molecule has 1 fully saturated rings. The molecule has 10 nitrogen and oxygen atoms in total. The van der Waals surface area contributed by atoms with Gasteiger partial charge in [0.1, 0.15) is 10.6 Å². The van der Waals surface area contributed by atoms with Crippen molar-refractivity contribution in [2.24, 2.45) is 11.8 Å². The molecule has 0 aliphatic heterocycles. The zero-order valence-electron chi connectivity index (χ0n) is 19.8. The highest BCUT2D eigenvalue weighted by atomic mass is 32.1. The first kappa shape index (κ1) is 24.6. The molecule has 186 valence electrons. The van der Waals surface area contributed by atoms with E-state index in [1.165, 1.54) is 12.5 Å². The first-order valence-corrected chi connectivity index (χ1v) is 12.6. The Hall–Kier alpha value is -3.47. The third kappa shape index (κ3) is 5.79. The topological polar surface area (TPSA) is 128 Å². The second kappa shape index (κ2) is 10.9. The van der Waals surface area contributed by atoms with Gasteiger partial charge in [0, 0.05) is 24.8 Å². The summed E-state index contributed by atoms with van der Waals surface area (Å²) < 4.78 is 12.3. The average Bonchev–Trinajstić information content (AvgIpc) is 3.32. The predicted molar refractivity (Wildman–Crippen MR) is 133 cm³/mol. The van der Waals surface area contributed by atoms with Gasteiger partial charge in [0.25, 0.3) is 0 Å². The molecular formula is C24H29N5O5S. The van der Waals surface area contributed by atoms with Gasteiger partial charge in [-0.2, -0.15) is 9.36 Å². The Bertz CT molecular complexity index is 1290. The maximum Gasteiger partial charge on any atom is 0.354 e. The van der Waals surface area contributed by atoms with Gasteiger partial charge in [0.15, 0.2) is 0 Å². The molecule has 0 atom stereocenters. The summed E-state index contributed by atoms with van der Waals surface area (Å²) in [5.74, 6) is 0.955. The van der Waals surface area contributed by atoms with E-state index in [0.29, 0.717) is 23.9 Å². The number of hydrogen-bond acceptors (Lipinski definition) is 8. The maximum atomic E-state index is 13.1. The summed E-state index contributed by atoms with van der Waals surface area (Å²) in [6.45, 7) is 4.76. The van der Waals surface area contributed by atoms with Crippen LogP contribution in [-0.2, 0) is 13.1 Å². The van der Waals surface area contributed by atoms with Crippen molar-refractivity contribution in [1.82, 2.24) is 18.5 Å². The smallest absolute Gasteiger partial charge is 0.354 e. The number of ether oxygens (including phenoxy) is 1. The monoisotopic (exact) mass is 499 g/mol. The fourth-order valence-electron chi connectivity index (χ4n) is 4.40. The first-order valence-electron chi connectivity index (χ1n) is 11.8. The number of nitrogens with one attached hydrogen (secondary N) is 1. The Balaban J connectivity index is 1.53. The molecule has 4 rings (SSSR count). The molecule has 1 aliphatic rings. The molecule has 0 unspecified atom stereocenters. The van der Waals surface area contributed by atoms with Crippen molar-refractivity contribution in [3.63, 3.8) is 0 Å². The van der Waals surface area contributed by atoms with Gasteiger partial charge in [0.05, 0.1) is 0 Å². The third-order valence-corrected chi connectivity index (χ3v) is 7.24. The minimum Gasteiger partial charge on any atom is -0.477 e. The van der Waals surface area contributed by atoms with Crippen LogP contribution in [0.1, 0.15) is 55.6 Å². The molecule has 1 saturated carbocycles. The summed E-state index contributed by atoms with van der Waals surface area (Å²) in [6.07, 6.45) is 5.62. The van der Waals surface area contributed by atoms with Gasteiger partial charge in [-0.05, 0) is 67.4 Å². The number of benzene rings is 1. The van der Waals surface area contributed by atoms with Crippen LogP contribution in [0.5, 0.6) is 11.6 Å². The molecule has 2 aromatic heterocycles. The highest BCUT2D eigenvalue weighted by Crippen LogP contribution is 2.32. The van der Waals surface area contributed by atoms with Crippen LogP contribution in [-0.4, -0.2) is 29.6 Å². The van der Waals surface area contributed by atoms with E-state index in [2.05, 4.69) is 21.6 Å². The first-order chi connectivity index (χ1) is 16.9. The molecule has 0 radical (unpaired) electrons. The summed E-state index contributed by atoms with van der Waals surface area (Å²) in [7, 11) is 0. The second-order valence-corrected chi connectivity index (χ2v) is 9.54. The third-order valence-electron chi connectivity index (χ3n) is 6.48. The lowest BCUT2D eigenvalue weighted by Gasteiger charge is -2.28. The van der Waals surface area contributed by atoms with E-state index in [4.69, 9.17) is 9.84 Å². The van der Waals surface area contributed by atoms with Crippen LogP contribution in [0.25, 0.3) is 0 Å². The molecule has 0 amide bonds. The largest absolute Gasteiger partial charge is 0.477 e. The number of rotatable bonds is 9. The minimum absolute atomic E-state index is 0.0901. The standard InChI is InChI=1S/C24H29N5O5S/c1-3-15-5-7-16(8-6-15)14-29-22(26-23(32)28(4-2)24(29)33)25-17-9-11-18(12-10-17)34-20-13-19(21(30)31)35-27-20/h9-13,15-16H,3-8,14H2,1-2H3,(H,30,31)(H,25,26,32). The second-order valence-electron chi connectivity index (χ2n) is 8.74. The number of carboxylic acids is 1. The highest BCUT2D eigenvalue weighted by molar-refractivity contribution is 7.08. The van der Waals surface area contributed by atoms with Crippen molar-refractivity contribution in [2.45, 2.75) is 59.0 Å². The van der Waals surface area contributed by atoms with Gasteiger partial charge < -0.3 is 15.2 Å². The molecule has 11 heteroatoms. The number of aromatic carboxylic acids is 1. The quantitative estimate of drug-likeness (QED) is 0.445.